The summed E-state index contributed by atoms with van der Waals surface area (Å²) in [6, 6.07) is -4.64. The smallest absolute Gasteiger partial charge is 0.364 e. The minimum Gasteiger partial charge on any atom is -0.477 e. The van der Waals surface area contributed by atoms with Crippen LogP contribution in [-0.4, -0.2) is 290 Å². The summed E-state index contributed by atoms with van der Waals surface area (Å²) in [5.74, 6) is -13.1. The number of allylic oxidation sites excluding steroid dienone is 2. The summed E-state index contributed by atoms with van der Waals surface area (Å²) < 4.78 is 46.5. The van der Waals surface area contributed by atoms with E-state index in [1.165, 1.54) is 83.5 Å². The zero-order valence-electron chi connectivity index (χ0n) is 60.1. The van der Waals surface area contributed by atoms with Gasteiger partial charge in [-0.2, -0.15) is 0 Å². The molecule has 4 aliphatic rings. The fraction of sp³-hybridized carbons (Fsp3) is 0.900. The third kappa shape index (κ3) is 28.4. The molecule has 4 rings (SSSR count). The van der Waals surface area contributed by atoms with Gasteiger partial charge >= 0.3 is 11.9 Å². The first-order valence-corrected chi connectivity index (χ1v) is 37.2. The van der Waals surface area contributed by atoms with E-state index in [-0.39, 0.29) is 12.3 Å². The highest BCUT2D eigenvalue weighted by molar-refractivity contribution is 5.78. The van der Waals surface area contributed by atoms with Gasteiger partial charge in [-0.1, -0.05) is 161 Å². The first kappa shape index (κ1) is 90.6. The molecule has 32 heteroatoms. The fourth-order valence-corrected chi connectivity index (χ4v) is 13.5. The fourth-order valence-electron chi connectivity index (χ4n) is 13.5. The minimum atomic E-state index is -3.39. The van der Waals surface area contributed by atoms with Gasteiger partial charge in [0, 0.05) is 33.1 Å². The van der Waals surface area contributed by atoms with Crippen molar-refractivity contribution in [2.75, 3.05) is 33.0 Å². The number of unbranched alkanes of at least 4 members (excludes halogenated alkanes) is 23. The SMILES string of the molecule is CCCCCCCCC=CCCCCCCCC(=O)NC(COC1OC(CO)C(OC2OC(CO)C(O)C(OC3(C(=O)O)CC(O)C(NC(C)=O)C(C(O)C(CO)OC4(C(=O)O)CC(O)C(NC(C)=O)C(C(O)C(O)CO)O4)O3)C2O)C(O)C1O)C(O)CCCCCCCCCCCCCCC. The average Bonchev–Trinajstić information content (AvgIpc) is 0.755. The van der Waals surface area contributed by atoms with Crippen molar-refractivity contribution in [2.24, 2.45) is 0 Å². The molecule has 4 aliphatic heterocycles. The third-order valence-electron chi connectivity index (χ3n) is 19.5. The molecule has 4 saturated heterocycles. The number of rotatable bonds is 52. The molecule has 0 aromatic carbocycles. The van der Waals surface area contributed by atoms with Crippen molar-refractivity contribution in [3.05, 3.63) is 12.2 Å². The molecule has 24 unspecified atom stereocenters. The van der Waals surface area contributed by atoms with E-state index >= 15 is 0 Å². The third-order valence-corrected chi connectivity index (χ3v) is 19.5. The summed E-state index contributed by atoms with van der Waals surface area (Å²) in [6.45, 7) is 1.15. The van der Waals surface area contributed by atoms with Gasteiger partial charge in [0.2, 0.25) is 17.7 Å². The van der Waals surface area contributed by atoms with Gasteiger partial charge in [0.1, 0.15) is 85.5 Å². The normalized spacial score (nSPS) is 31.7. The zero-order chi connectivity index (χ0) is 75.5. The van der Waals surface area contributed by atoms with E-state index in [0.29, 0.717) is 19.3 Å². The number of hydrogen-bond donors (Lipinski definition) is 19. The number of aliphatic hydroxyl groups is 14. The number of carboxylic acids is 2. The van der Waals surface area contributed by atoms with Crippen LogP contribution in [-0.2, 0) is 61.9 Å². The summed E-state index contributed by atoms with van der Waals surface area (Å²) in [4.78, 5) is 65.0. The maximum atomic E-state index is 13.6. The standard InChI is InChI=1S/C70H125N3O29/c1-5-7-9-11-13-15-17-19-20-22-24-26-28-30-32-34-52(84)73-44(45(80)33-31-29-27-25-23-21-18-16-14-12-10-8-6-2)41-95-65-59(89)58(88)61(51(40-77)97-65)98-66-60(90)64(56(86)49(38-75)96-66)102-70(68(93)94)36-47(82)54(72-43(4)79)63(101-70)57(87)50(39-76)99-69(67(91)92)35-46(81)53(71-42(3)78)62(100-69)55(85)48(83)37-74/h19-20,44-51,53-66,74-77,80-83,85-90H,5-18,21-41H2,1-4H3,(H,71,78)(H,72,79)(H,73,84)(H,91,92)(H,93,94). The van der Waals surface area contributed by atoms with Crippen LogP contribution in [0, 0.1) is 0 Å². The summed E-state index contributed by atoms with van der Waals surface area (Å²) in [6.07, 6.45) is -8.79. The molecule has 0 aliphatic carbocycles. The molecule has 32 nitrogen and oxygen atoms in total. The van der Waals surface area contributed by atoms with Crippen LogP contribution in [0.25, 0.3) is 0 Å². The number of ether oxygens (including phenoxy) is 8. The first-order chi connectivity index (χ1) is 48.7. The maximum Gasteiger partial charge on any atom is 0.364 e. The molecule has 0 saturated carbocycles. The molecule has 594 valence electrons. The largest absolute Gasteiger partial charge is 0.477 e. The summed E-state index contributed by atoms with van der Waals surface area (Å²) >= 11 is 0. The van der Waals surface area contributed by atoms with Crippen molar-refractivity contribution in [3.8, 4) is 0 Å². The molecular formula is C70H125N3O29. The van der Waals surface area contributed by atoms with Gasteiger partial charge in [-0.25, -0.2) is 9.59 Å². The van der Waals surface area contributed by atoms with Crippen molar-refractivity contribution in [1.29, 1.82) is 0 Å². The van der Waals surface area contributed by atoms with Gasteiger partial charge < -0.3 is 136 Å². The Balaban J connectivity index is 1.50. The Morgan fingerprint density at radius 1 is 0.520 bits per heavy atom. The summed E-state index contributed by atoms with van der Waals surface area (Å²) in [7, 11) is 0. The molecule has 4 fully saturated rings. The van der Waals surface area contributed by atoms with Crippen LogP contribution in [0.5, 0.6) is 0 Å². The lowest BCUT2D eigenvalue weighted by Crippen LogP contribution is -2.72. The Labute approximate surface area is 598 Å². The molecular weight excluding hydrogens is 1350 g/mol. The second kappa shape index (κ2) is 47.8. The van der Waals surface area contributed by atoms with Crippen LogP contribution in [0.2, 0.25) is 0 Å². The lowest BCUT2D eigenvalue weighted by molar-refractivity contribution is -0.388. The number of carbonyl (C=O) groups excluding carboxylic acids is 3. The molecule has 19 N–H and O–H groups in total. The number of aliphatic carboxylic acids is 2. The molecule has 0 bridgehead atoms. The van der Waals surface area contributed by atoms with Gasteiger partial charge in [-0.15, -0.1) is 0 Å². The Kier molecular flexibility index (Phi) is 42.5. The molecule has 0 aromatic rings. The van der Waals surface area contributed by atoms with E-state index < -0.39 is 216 Å². The molecule has 4 heterocycles. The van der Waals surface area contributed by atoms with Crippen LogP contribution in [0.4, 0.5) is 0 Å². The van der Waals surface area contributed by atoms with Crippen LogP contribution in [0.3, 0.4) is 0 Å². The zero-order valence-corrected chi connectivity index (χ0v) is 60.1. The number of nitrogens with one attached hydrogen (secondary N) is 3. The lowest BCUT2D eigenvalue weighted by atomic mass is 9.87. The molecule has 3 amide bonds. The Hall–Kier alpha value is -3.79. The van der Waals surface area contributed by atoms with E-state index in [9.17, 15) is 106 Å². The highest BCUT2D eigenvalue weighted by Gasteiger charge is 2.62. The monoisotopic (exact) mass is 1470 g/mol. The highest BCUT2D eigenvalue weighted by atomic mass is 16.8. The Morgan fingerprint density at radius 3 is 1.46 bits per heavy atom. The number of aliphatic hydroxyl groups excluding tert-OH is 14. The molecule has 24 atom stereocenters. The van der Waals surface area contributed by atoms with Crippen molar-refractivity contribution in [1.82, 2.24) is 16.0 Å². The molecule has 0 radical (unpaired) electrons. The molecule has 0 spiro atoms. The van der Waals surface area contributed by atoms with Gasteiger partial charge in [0.25, 0.3) is 11.6 Å². The number of hydrogen-bond acceptors (Lipinski definition) is 27. The minimum absolute atomic E-state index is 0.165. The quantitative estimate of drug-likeness (QED) is 0.0288. The topological polar surface area (TPSA) is 519 Å². The van der Waals surface area contributed by atoms with E-state index in [4.69, 9.17) is 37.9 Å². The lowest BCUT2D eigenvalue weighted by Gasteiger charge is -2.51. The van der Waals surface area contributed by atoms with Crippen molar-refractivity contribution < 1.29 is 144 Å². The Morgan fingerprint density at radius 2 is 0.980 bits per heavy atom. The van der Waals surface area contributed by atoms with Gasteiger partial charge in [0.05, 0.1) is 69.5 Å². The Bertz CT molecular complexity index is 2410. The van der Waals surface area contributed by atoms with E-state index in [0.717, 1.165) is 84.5 Å². The number of amides is 3. The van der Waals surface area contributed by atoms with E-state index in [1.54, 1.807) is 0 Å². The van der Waals surface area contributed by atoms with Crippen LogP contribution < -0.4 is 16.0 Å². The van der Waals surface area contributed by atoms with Crippen molar-refractivity contribution >= 4 is 29.7 Å². The summed E-state index contributed by atoms with van der Waals surface area (Å²) in [5, 5.41) is 185. The first-order valence-electron chi connectivity index (χ1n) is 37.2. The summed E-state index contributed by atoms with van der Waals surface area (Å²) in [5.41, 5.74) is 0. The van der Waals surface area contributed by atoms with Crippen molar-refractivity contribution in [2.45, 2.75) is 366 Å². The van der Waals surface area contributed by atoms with Gasteiger partial charge in [-0.3, -0.25) is 14.4 Å². The number of carboxylic acid groups (broad SMARTS) is 2. The van der Waals surface area contributed by atoms with Crippen molar-refractivity contribution in [3.63, 3.8) is 0 Å². The van der Waals surface area contributed by atoms with Crippen LogP contribution in [0.1, 0.15) is 220 Å². The maximum absolute atomic E-state index is 13.6. The highest BCUT2D eigenvalue weighted by Crippen LogP contribution is 2.41. The second-order valence-electron chi connectivity index (χ2n) is 27.9. The van der Waals surface area contributed by atoms with E-state index in [2.05, 4.69) is 41.9 Å². The van der Waals surface area contributed by atoms with Crippen LogP contribution >= 0.6 is 0 Å². The molecule has 0 aromatic heterocycles. The number of carbonyl (C=O) groups is 5. The van der Waals surface area contributed by atoms with Gasteiger partial charge in [0.15, 0.2) is 12.6 Å². The van der Waals surface area contributed by atoms with Gasteiger partial charge in [-0.05, 0) is 38.5 Å². The predicted molar refractivity (Wildman–Crippen MR) is 363 cm³/mol. The predicted octanol–water partition coefficient (Wildman–Crippen LogP) is 0.339. The molecule has 102 heavy (non-hydrogen) atoms. The second-order valence-corrected chi connectivity index (χ2v) is 27.9. The average molecular weight is 1470 g/mol. The van der Waals surface area contributed by atoms with Crippen LogP contribution in [0.15, 0.2) is 12.2 Å². The van der Waals surface area contributed by atoms with E-state index in [1.807, 2.05) is 0 Å².